The van der Waals surface area contributed by atoms with E-state index in [0.29, 0.717) is 20.0 Å². The lowest BCUT2D eigenvalue weighted by Gasteiger charge is -2.29. The van der Waals surface area contributed by atoms with Crippen LogP contribution in [0.2, 0.25) is 0 Å². The number of hydrogen-bond acceptors (Lipinski definition) is 9. The predicted molar refractivity (Wildman–Crippen MR) is 131 cm³/mol. The molecule has 0 bridgehead atoms. The Labute approximate surface area is 198 Å². The molecular formula is C22H21N5O2S3. The number of nitrogens with one attached hydrogen (secondary N) is 1. The standard InChI is InChI=1S/C22H21N5O2S3/c1-12-4-6-14(29-12)7-5-13-8-15-16(10-23)19(31-18(15)22(2,3)9-13)25-17(28)11-30-21-27-26-20(24)32-21/h4-8H,9,11H2,1-3H3,(H2,24,26)(H,25,28). The van der Waals surface area contributed by atoms with E-state index in [1.54, 1.807) is 0 Å². The minimum Gasteiger partial charge on any atom is -0.462 e. The molecule has 32 heavy (non-hydrogen) atoms. The van der Waals surface area contributed by atoms with E-state index in [4.69, 9.17) is 10.2 Å². The van der Waals surface area contributed by atoms with E-state index >= 15 is 0 Å². The highest BCUT2D eigenvalue weighted by Crippen LogP contribution is 2.47. The van der Waals surface area contributed by atoms with E-state index in [1.165, 1.54) is 34.4 Å². The fourth-order valence-corrected chi connectivity index (χ4v) is 6.20. The van der Waals surface area contributed by atoms with Gasteiger partial charge < -0.3 is 15.5 Å². The van der Waals surface area contributed by atoms with Gasteiger partial charge in [-0.25, -0.2) is 0 Å². The van der Waals surface area contributed by atoms with Crippen LogP contribution in [0.25, 0.3) is 12.2 Å². The van der Waals surface area contributed by atoms with Gasteiger partial charge >= 0.3 is 0 Å². The number of nitrogen functional groups attached to an aromatic ring is 1. The van der Waals surface area contributed by atoms with Gasteiger partial charge in [0, 0.05) is 15.9 Å². The first kappa shape index (κ1) is 22.3. The summed E-state index contributed by atoms with van der Waals surface area (Å²) in [7, 11) is 0. The fraction of sp³-hybridized carbons (Fsp3) is 0.273. The third kappa shape index (κ3) is 4.80. The zero-order valence-corrected chi connectivity index (χ0v) is 20.2. The van der Waals surface area contributed by atoms with Gasteiger partial charge in [0.25, 0.3) is 0 Å². The summed E-state index contributed by atoms with van der Waals surface area (Å²) < 4.78 is 6.25. The summed E-state index contributed by atoms with van der Waals surface area (Å²) in [6, 6.07) is 6.14. The van der Waals surface area contributed by atoms with Crippen LogP contribution >= 0.6 is 34.4 Å². The van der Waals surface area contributed by atoms with Crippen molar-refractivity contribution in [3.05, 3.63) is 51.3 Å². The normalized spacial score (nSPS) is 14.8. The Balaban J connectivity index is 1.56. The molecule has 0 aliphatic heterocycles. The molecule has 4 rings (SSSR count). The van der Waals surface area contributed by atoms with Crippen molar-refractivity contribution in [2.75, 3.05) is 16.8 Å². The van der Waals surface area contributed by atoms with Crippen LogP contribution in [0, 0.1) is 18.3 Å². The van der Waals surface area contributed by atoms with Crippen LogP contribution in [0.1, 0.15) is 47.8 Å². The van der Waals surface area contributed by atoms with Crippen molar-refractivity contribution < 1.29 is 9.21 Å². The molecule has 1 amide bonds. The predicted octanol–water partition coefficient (Wildman–Crippen LogP) is 5.46. The molecule has 0 atom stereocenters. The number of amides is 1. The summed E-state index contributed by atoms with van der Waals surface area (Å²) in [6.07, 6.45) is 6.84. The van der Waals surface area contributed by atoms with Crippen molar-refractivity contribution in [2.24, 2.45) is 0 Å². The number of thioether (sulfide) groups is 1. The number of carbonyl (C=O) groups is 1. The second-order valence-electron chi connectivity index (χ2n) is 7.97. The second kappa shape index (κ2) is 8.94. The van der Waals surface area contributed by atoms with E-state index in [2.05, 4.69) is 35.4 Å². The number of anilines is 2. The molecule has 0 spiro atoms. The molecule has 0 saturated heterocycles. The van der Waals surface area contributed by atoms with Gasteiger partial charge in [0.2, 0.25) is 11.0 Å². The molecule has 0 aromatic carbocycles. The maximum absolute atomic E-state index is 12.5. The Morgan fingerprint density at radius 2 is 2.19 bits per heavy atom. The van der Waals surface area contributed by atoms with Gasteiger partial charge in [0.1, 0.15) is 22.6 Å². The molecule has 0 saturated carbocycles. The lowest BCUT2D eigenvalue weighted by molar-refractivity contribution is -0.113. The Kier molecular flexibility index (Phi) is 6.24. The van der Waals surface area contributed by atoms with Gasteiger partial charge in [-0.3, -0.25) is 4.79 Å². The minimum atomic E-state index is -0.200. The van der Waals surface area contributed by atoms with Crippen LogP contribution in [0.5, 0.6) is 0 Å². The highest BCUT2D eigenvalue weighted by molar-refractivity contribution is 8.01. The molecule has 3 heterocycles. The number of nitriles is 1. The lowest BCUT2D eigenvalue weighted by atomic mass is 9.77. The zero-order chi connectivity index (χ0) is 22.9. The summed E-state index contributed by atoms with van der Waals surface area (Å²) >= 11 is 3.98. The zero-order valence-electron chi connectivity index (χ0n) is 17.8. The number of fused-ring (bicyclic) bond motifs is 1. The molecule has 3 aromatic rings. The third-order valence-corrected chi connectivity index (χ3v) is 8.24. The fourth-order valence-electron chi connectivity index (χ4n) is 3.52. The van der Waals surface area contributed by atoms with Crippen molar-refractivity contribution >= 4 is 62.6 Å². The third-order valence-electron chi connectivity index (χ3n) is 4.87. The summed E-state index contributed by atoms with van der Waals surface area (Å²) in [6.45, 7) is 6.22. The van der Waals surface area contributed by atoms with Gasteiger partial charge in [-0.2, -0.15) is 5.26 Å². The molecule has 1 aliphatic rings. The number of allylic oxidation sites excluding steroid dienone is 2. The average molecular weight is 484 g/mol. The van der Waals surface area contributed by atoms with Crippen molar-refractivity contribution in [1.29, 1.82) is 5.26 Å². The molecule has 7 nitrogen and oxygen atoms in total. The molecular weight excluding hydrogens is 462 g/mol. The summed E-state index contributed by atoms with van der Waals surface area (Å²) in [5.74, 6) is 1.62. The Morgan fingerprint density at radius 1 is 1.38 bits per heavy atom. The Bertz CT molecular complexity index is 1270. The Hall–Kier alpha value is -2.87. The maximum atomic E-state index is 12.5. The van der Waals surface area contributed by atoms with E-state index < -0.39 is 0 Å². The average Bonchev–Trinajstić information content (AvgIpc) is 3.43. The first-order valence-corrected chi connectivity index (χ1v) is 12.4. The number of furan rings is 1. The molecule has 0 unspecified atom stereocenters. The lowest BCUT2D eigenvalue weighted by Crippen LogP contribution is -2.20. The van der Waals surface area contributed by atoms with E-state index in [-0.39, 0.29) is 17.1 Å². The molecule has 0 fully saturated rings. The molecule has 10 heteroatoms. The van der Waals surface area contributed by atoms with Crippen molar-refractivity contribution in [3.8, 4) is 6.07 Å². The van der Waals surface area contributed by atoms with E-state index in [0.717, 1.165) is 34.0 Å². The van der Waals surface area contributed by atoms with Gasteiger partial charge in [-0.15, -0.1) is 21.5 Å². The van der Waals surface area contributed by atoms with Crippen LogP contribution in [0.3, 0.4) is 0 Å². The summed E-state index contributed by atoms with van der Waals surface area (Å²) in [5.41, 5.74) is 7.89. The first-order chi connectivity index (χ1) is 15.2. The van der Waals surface area contributed by atoms with Crippen LogP contribution in [0.4, 0.5) is 10.1 Å². The van der Waals surface area contributed by atoms with Gasteiger partial charge in [-0.1, -0.05) is 43.0 Å². The molecule has 3 N–H and O–H groups in total. The number of aryl methyl sites for hydroxylation is 1. The minimum absolute atomic E-state index is 0.165. The number of nitrogens with two attached hydrogens (primary N) is 1. The van der Waals surface area contributed by atoms with E-state index in [1.807, 2.05) is 37.3 Å². The second-order valence-corrected chi connectivity index (χ2v) is 11.2. The largest absolute Gasteiger partial charge is 0.462 e. The van der Waals surface area contributed by atoms with Crippen molar-refractivity contribution in [3.63, 3.8) is 0 Å². The van der Waals surface area contributed by atoms with Crippen LogP contribution in [-0.4, -0.2) is 21.9 Å². The first-order valence-electron chi connectivity index (χ1n) is 9.79. The van der Waals surface area contributed by atoms with Gasteiger partial charge in [-0.05, 0) is 43.2 Å². The highest BCUT2D eigenvalue weighted by Gasteiger charge is 2.33. The molecule has 3 aromatic heterocycles. The molecule has 0 radical (unpaired) electrons. The summed E-state index contributed by atoms with van der Waals surface area (Å²) in [5, 5.41) is 21.4. The number of aromatic nitrogens is 2. The highest BCUT2D eigenvalue weighted by atomic mass is 32.2. The molecule has 164 valence electrons. The smallest absolute Gasteiger partial charge is 0.235 e. The van der Waals surface area contributed by atoms with Crippen molar-refractivity contribution in [1.82, 2.24) is 10.2 Å². The number of thiophene rings is 1. The summed E-state index contributed by atoms with van der Waals surface area (Å²) in [4.78, 5) is 13.6. The number of rotatable bonds is 6. The van der Waals surface area contributed by atoms with Crippen molar-refractivity contribution in [2.45, 2.75) is 36.9 Å². The SMILES string of the molecule is Cc1ccc(C=CC2=Cc3c(sc(NC(=O)CSc4nnc(N)s4)c3C#N)C(C)(C)C2)o1. The quantitative estimate of drug-likeness (QED) is 0.447. The van der Waals surface area contributed by atoms with Crippen LogP contribution in [-0.2, 0) is 10.2 Å². The van der Waals surface area contributed by atoms with Crippen LogP contribution < -0.4 is 11.1 Å². The number of hydrogen-bond donors (Lipinski definition) is 2. The molecule has 1 aliphatic carbocycles. The maximum Gasteiger partial charge on any atom is 0.235 e. The van der Waals surface area contributed by atoms with E-state index in [9.17, 15) is 10.1 Å². The monoisotopic (exact) mass is 483 g/mol. The topological polar surface area (TPSA) is 118 Å². The Morgan fingerprint density at radius 3 is 2.84 bits per heavy atom. The number of nitrogens with zero attached hydrogens (tertiary/aromatic N) is 3. The van der Waals surface area contributed by atoms with Crippen LogP contribution in [0.15, 0.2) is 32.5 Å². The van der Waals surface area contributed by atoms with Gasteiger partial charge in [0.05, 0.1) is 11.3 Å². The van der Waals surface area contributed by atoms with Gasteiger partial charge in [0.15, 0.2) is 4.34 Å². The number of carbonyl (C=O) groups excluding carboxylic acids is 1.